The van der Waals surface area contributed by atoms with Crippen molar-refractivity contribution in [2.75, 3.05) is 13.7 Å². The van der Waals surface area contributed by atoms with E-state index in [-0.39, 0.29) is 24.3 Å². The van der Waals surface area contributed by atoms with Crippen molar-refractivity contribution in [3.8, 4) is 5.75 Å². The molecule has 162 valence electrons. The molecule has 0 unspecified atom stereocenters. The highest BCUT2D eigenvalue weighted by molar-refractivity contribution is 6.09. The van der Waals surface area contributed by atoms with Crippen molar-refractivity contribution in [2.45, 2.75) is 24.9 Å². The molecule has 2 fully saturated rings. The van der Waals surface area contributed by atoms with Crippen molar-refractivity contribution < 1.29 is 28.6 Å². The van der Waals surface area contributed by atoms with E-state index >= 15 is 0 Å². The van der Waals surface area contributed by atoms with E-state index in [1.807, 2.05) is 0 Å². The zero-order valence-electron chi connectivity index (χ0n) is 17.2. The number of phenolic OH excluding ortho intramolecular Hbond substituents is 1. The number of nitrogens with zero attached hydrogens (tertiary/aromatic N) is 1. The van der Waals surface area contributed by atoms with Gasteiger partial charge in [-0.2, -0.15) is 0 Å². The summed E-state index contributed by atoms with van der Waals surface area (Å²) >= 11 is 0. The van der Waals surface area contributed by atoms with Crippen LogP contribution in [0.2, 0.25) is 0 Å². The van der Waals surface area contributed by atoms with Crippen LogP contribution in [0.15, 0.2) is 48.5 Å². The minimum atomic E-state index is -1.57. The predicted molar refractivity (Wildman–Crippen MR) is 108 cm³/mol. The molecule has 7 nitrogen and oxygen atoms in total. The van der Waals surface area contributed by atoms with Gasteiger partial charge in [0.25, 0.3) is 0 Å². The average molecular weight is 426 g/mol. The van der Waals surface area contributed by atoms with E-state index < -0.39 is 47.0 Å². The molecule has 2 aliphatic heterocycles. The monoisotopic (exact) mass is 426 g/mol. The van der Waals surface area contributed by atoms with Gasteiger partial charge in [0.2, 0.25) is 11.8 Å². The highest BCUT2D eigenvalue weighted by Crippen LogP contribution is 2.50. The molecule has 8 heteroatoms. The van der Waals surface area contributed by atoms with Crippen molar-refractivity contribution in [3.63, 3.8) is 0 Å². The Bertz CT molecular complexity index is 1040. The summed E-state index contributed by atoms with van der Waals surface area (Å²) < 4.78 is 20.0. The van der Waals surface area contributed by atoms with E-state index in [0.29, 0.717) is 5.56 Å². The molecule has 2 saturated heterocycles. The number of hydrogen-bond donors (Lipinski definition) is 2. The Morgan fingerprint density at radius 3 is 2.48 bits per heavy atom. The summed E-state index contributed by atoms with van der Waals surface area (Å²) in [6.45, 7) is 1.73. The number of carbonyl (C=O) groups is 3. The van der Waals surface area contributed by atoms with Crippen LogP contribution in [0.4, 0.5) is 4.39 Å². The molecule has 2 aromatic rings. The summed E-state index contributed by atoms with van der Waals surface area (Å²) in [5, 5.41) is 12.8. The van der Waals surface area contributed by atoms with Crippen molar-refractivity contribution in [1.29, 1.82) is 0 Å². The first-order chi connectivity index (χ1) is 14.8. The Morgan fingerprint density at radius 2 is 1.84 bits per heavy atom. The van der Waals surface area contributed by atoms with E-state index in [1.54, 1.807) is 31.2 Å². The molecule has 0 saturated carbocycles. The second-order valence-electron chi connectivity index (χ2n) is 7.92. The summed E-state index contributed by atoms with van der Waals surface area (Å²) in [5.74, 6) is -4.12. The van der Waals surface area contributed by atoms with E-state index in [2.05, 4.69) is 5.32 Å². The zero-order chi connectivity index (χ0) is 22.3. The third kappa shape index (κ3) is 3.27. The summed E-state index contributed by atoms with van der Waals surface area (Å²) in [7, 11) is 1.37. The number of nitrogens with one attached hydrogen (secondary N) is 1. The van der Waals surface area contributed by atoms with Crippen molar-refractivity contribution >= 4 is 17.8 Å². The lowest BCUT2D eigenvalue weighted by Gasteiger charge is -2.32. The fourth-order valence-electron chi connectivity index (χ4n) is 4.76. The molecule has 2 aliphatic rings. The molecule has 0 bridgehead atoms. The van der Waals surface area contributed by atoms with Gasteiger partial charge in [-0.05, 0) is 30.7 Å². The third-order valence-corrected chi connectivity index (χ3v) is 6.17. The number of likely N-dealkylation sites (tertiary alicyclic amines) is 1. The van der Waals surface area contributed by atoms with Gasteiger partial charge < -0.3 is 9.84 Å². The lowest BCUT2D eigenvalue weighted by atomic mass is 9.76. The molecule has 2 heterocycles. The zero-order valence-corrected chi connectivity index (χ0v) is 17.2. The van der Waals surface area contributed by atoms with Crippen molar-refractivity contribution in [1.82, 2.24) is 10.2 Å². The van der Waals surface area contributed by atoms with Gasteiger partial charge in [0.15, 0.2) is 0 Å². The van der Waals surface area contributed by atoms with Gasteiger partial charge in [-0.15, -0.1) is 0 Å². The number of amides is 2. The van der Waals surface area contributed by atoms with Crippen molar-refractivity contribution in [3.05, 3.63) is 65.5 Å². The standard InChI is InChI=1S/C23H23FN2O5/c1-3-31-22(30)23(12-13-8-10-14(27)11-9-13)18-17(20(28)26(2)21(18)29)19(25-23)15-6-4-5-7-16(15)24/h4-11,17-19,25,27H,3,12H2,1-2H3/t17-,18+,19-,23-/m0/s1. The van der Waals surface area contributed by atoms with E-state index in [9.17, 15) is 23.9 Å². The maximum absolute atomic E-state index is 14.7. The molecule has 31 heavy (non-hydrogen) atoms. The number of esters is 1. The number of ether oxygens (including phenoxy) is 1. The van der Waals surface area contributed by atoms with Gasteiger partial charge in [0.1, 0.15) is 17.1 Å². The Labute approximate surface area is 178 Å². The number of benzene rings is 2. The minimum Gasteiger partial charge on any atom is -0.508 e. The molecule has 0 radical (unpaired) electrons. The summed E-state index contributed by atoms with van der Waals surface area (Å²) in [6, 6.07) is 11.3. The Morgan fingerprint density at radius 1 is 1.16 bits per heavy atom. The van der Waals surface area contributed by atoms with Crippen LogP contribution in [0.1, 0.15) is 24.1 Å². The molecule has 0 spiro atoms. The Balaban J connectivity index is 1.87. The number of halogens is 1. The SMILES string of the molecule is CCOC(=O)[C@@]1(Cc2ccc(O)cc2)N[C@@H](c2ccccc2F)[C@H]2C(=O)N(C)C(=O)[C@@H]21. The number of imide groups is 1. The number of phenols is 1. The molecular formula is C23H23FN2O5. The molecule has 0 aliphatic carbocycles. The average Bonchev–Trinajstić information content (AvgIpc) is 3.20. The Hall–Kier alpha value is -3.26. The van der Waals surface area contributed by atoms with Gasteiger partial charge >= 0.3 is 5.97 Å². The van der Waals surface area contributed by atoms with Gasteiger partial charge in [-0.1, -0.05) is 30.3 Å². The number of hydrogen-bond acceptors (Lipinski definition) is 6. The summed E-state index contributed by atoms with van der Waals surface area (Å²) in [5.41, 5.74) is -0.700. The second-order valence-corrected chi connectivity index (χ2v) is 7.92. The maximum Gasteiger partial charge on any atom is 0.327 e. The molecule has 0 aromatic heterocycles. The number of carbonyl (C=O) groups excluding carboxylic acids is 3. The van der Waals surface area contributed by atoms with Gasteiger partial charge in [-0.25, -0.2) is 4.39 Å². The van der Waals surface area contributed by atoms with Gasteiger partial charge in [-0.3, -0.25) is 24.6 Å². The van der Waals surface area contributed by atoms with Crippen molar-refractivity contribution in [2.24, 2.45) is 11.8 Å². The quantitative estimate of drug-likeness (QED) is 0.561. The van der Waals surface area contributed by atoms with E-state index in [1.165, 1.54) is 31.3 Å². The van der Waals surface area contributed by atoms with E-state index in [0.717, 1.165) is 4.90 Å². The lowest BCUT2D eigenvalue weighted by molar-refractivity contribution is -0.156. The van der Waals surface area contributed by atoms with Crippen LogP contribution in [0.5, 0.6) is 5.75 Å². The molecule has 2 N–H and O–H groups in total. The van der Waals surface area contributed by atoms with Gasteiger partial charge in [0, 0.05) is 25.1 Å². The number of rotatable bonds is 5. The first-order valence-corrected chi connectivity index (χ1v) is 10.1. The first kappa shape index (κ1) is 21.0. The highest BCUT2D eigenvalue weighted by atomic mass is 19.1. The van der Waals surface area contributed by atoms with E-state index in [4.69, 9.17) is 4.74 Å². The molecular weight excluding hydrogens is 403 g/mol. The number of fused-ring (bicyclic) bond motifs is 1. The van der Waals surface area contributed by atoms with Crippen LogP contribution >= 0.6 is 0 Å². The fraction of sp³-hybridized carbons (Fsp3) is 0.348. The second kappa shape index (κ2) is 7.77. The smallest absolute Gasteiger partial charge is 0.327 e. The minimum absolute atomic E-state index is 0.0328. The largest absolute Gasteiger partial charge is 0.508 e. The molecule has 4 atom stereocenters. The van der Waals surface area contributed by atoms with Crippen LogP contribution in [0.3, 0.4) is 0 Å². The molecule has 2 amide bonds. The van der Waals surface area contributed by atoms with Crippen LogP contribution in [-0.2, 0) is 25.5 Å². The highest BCUT2D eigenvalue weighted by Gasteiger charge is 2.68. The Kier molecular flexibility index (Phi) is 5.26. The summed E-state index contributed by atoms with van der Waals surface area (Å²) in [6.07, 6.45) is 0.0328. The van der Waals surface area contributed by atoms with Crippen LogP contribution < -0.4 is 5.32 Å². The predicted octanol–water partition coefficient (Wildman–Crippen LogP) is 1.95. The molecule has 2 aromatic carbocycles. The first-order valence-electron chi connectivity index (χ1n) is 10.1. The maximum atomic E-state index is 14.7. The fourth-order valence-corrected chi connectivity index (χ4v) is 4.76. The molecule has 4 rings (SSSR count). The normalized spacial score (nSPS) is 27.5. The van der Waals surface area contributed by atoms with Crippen LogP contribution in [0.25, 0.3) is 0 Å². The lowest BCUT2D eigenvalue weighted by Crippen LogP contribution is -2.57. The summed E-state index contributed by atoms with van der Waals surface area (Å²) in [4.78, 5) is 40.5. The third-order valence-electron chi connectivity index (χ3n) is 6.17. The topological polar surface area (TPSA) is 95.9 Å². The number of aromatic hydroxyl groups is 1. The van der Waals surface area contributed by atoms with Gasteiger partial charge in [0.05, 0.1) is 18.4 Å². The van der Waals surface area contributed by atoms with Crippen LogP contribution in [0, 0.1) is 17.7 Å². The van der Waals surface area contributed by atoms with Crippen LogP contribution in [-0.4, -0.2) is 47.0 Å².